The number of nitrogens with zero attached hydrogens (tertiary/aromatic N) is 3. The van der Waals surface area contributed by atoms with E-state index in [4.69, 9.17) is 16.3 Å². The average molecular weight is 246 g/mol. The van der Waals surface area contributed by atoms with Gasteiger partial charge in [0, 0.05) is 13.7 Å². The van der Waals surface area contributed by atoms with Gasteiger partial charge in [-0.1, -0.05) is 19.1 Å². The molecule has 1 heterocycles. The predicted molar refractivity (Wildman–Crippen MR) is 64.9 cm³/mol. The lowest BCUT2D eigenvalue weighted by Gasteiger charge is -2.16. The third-order valence-electron chi connectivity index (χ3n) is 2.63. The maximum absolute atomic E-state index is 5.86. The molecule has 0 fully saturated rings. The van der Waals surface area contributed by atoms with Crippen molar-refractivity contribution < 1.29 is 4.74 Å². The highest BCUT2D eigenvalue weighted by Gasteiger charge is 2.18. The fraction of sp³-hybridized carbons (Fsp3) is 0.818. The van der Waals surface area contributed by atoms with E-state index in [2.05, 4.69) is 31.1 Å². The molecule has 5 heteroatoms. The van der Waals surface area contributed by atoms with Gasteiger partial charge in [0.25, 0.3) is 0 Å². The minimum absolute atomic E-state index is 0.293. The average Bonchev–Trinajstić information content (AvgIpc) is 2.69. The van der Waals surface area contributed by atoms with Crippen molar-refractivity contribution >= 4 is 11.6 Å². The van der Waals surface area contributed by atoms with E-state index in [0.717, 1.165) is 24.4 Å². The molecule has 1 aromatic rings. The van der Waals surface area contributed by atoms with Crippen molar-refractivity contribution in [2.45, 2.75) is 45.0 Å². The maximum atomic E-state index is 5.86. The van der Waals surface area contributed by atoms with Crippen molar-refractivity contribution in [2.24, 2.45) is 0 Å². The number of methoxy groups -OCH3 is 1. The highest BCUT2D eigenvalue weighted by molar-refractivity contribution is 6.16. The molecule has 0 aromatic carbocycles. The predicted octanol–water partition coefficient (Wildman–Crippen LogP) is 2.74. The van der Waals surface area contributed by atoms with E-state index in [1.165, 1.54) is 0 Å². The van der Waals surface area contributed by atoms with Crippen LogP contribution in [0.15, 0.2) is 0 Å². The summed E-state index contributed by atoms with van der Waals surface area (Å²) in [6.07, 6.45) is 0.932. The van der Waals surface area contributed by atoms with Crippen LogP contribution in [0.25, 0.3) is 0 Å². The number of aromatic nitrogens is 3. The molecular weight excluding hydrogens is 226 g/mol. The SMILES string of the molecule is COCCC(C)n1nnc(CCl)c1C(C)C. The highest BCUT2D eigenvalue weighted by Crippen LogP contribution is 2.23. The topological polar surface area (TPSA) is 39.9 Å². The van der Waals surface area contributed by atoms with Gasteiger partial charge in [-0.05, 0) is 19.3 Å². The van der Waals surface area contributed by atoms with Gasteiger partial charge in [0.1, 0.15) is 5.69 Å². The summed E-state index contributed by atoms with van der Waals surface area (Å²) in [5.41, 5.74) is 2.03. The summed E-state index contributed by atoms with van der Waals surface area (Å²) >= 11 is 5.86. The van der Waals surface area contributed by atoms with Crippen LogP contribution < -0.4 is 0 Å². The van der Waals surface area contributed by atoms with Crippen LogP contribution in [-0.2, 0) is 10.6 Å². The maximum Gasteiger partial charge on any atom is 0.101 e. The van der Waals surface area contributed by atoms with Gasteiger partial charge in [-0.2, -0.15) is 0 Å². The Kier molecular flexibility index (Phi) is 5.22. The molecule has 1 aromatic heterocycles. The van der Waals surface area contributed by atoms with Crippen LogP contribution in [0, 0.1) is 0 Å². The Morgan fingerprint density at radius 3 is 2.56 bits per heavy atom. The normalized spacial score (nSPS) is 13.4. The minimum Gasteiger partial charge on any atom is -0.385 e. The summed E-state index contributed by atoms with van der Waals surface area (Å²) in [6, 6.07) is 0.293. The first-order valence-electron chi connectivity index (χ1n) is 5.60. The van der Waals surface area contributed by atoms with Crippen molar-refractivity contribution in [3.8, 4) is 0 Å². The highest BCUT2D eigenvalue weighted by atomic mass is 35.5. The molecule has 4 nitrogen and oxygen atoms in total. The van der Waals surface area contributed by atoms with E-state index in [-0.39, 0.29) is 0 Å². The first-order chi connectivity index (χ1) is 7.61. The molecule has 0 aliphatic rings. The number of ether oxygens (including phenoxy) is 1. The smallest absolute Gasteiger partial charge is 0.101 e. The second kappa shape index (κ2) is 6.21. The Bertz CT molecular complexity index is 325. The summed E-state index contributed by atoms with van der Waals surface area (Å²) < 4.78 is 7.05. The monoisotopic (exact) mass is 245 g/mol. The molecule has 0 spiro atoms. The van der Waals surface area contributed by atoms with Crippen LogP contribution in [0.1, 0.15) is 50.5 Å². The zero-order chi connectivity index (χ0) is 12.1. The number of hydrogen-bond donors (Lipinski definition) is 0. The van der Waals surface area contributed by atoms with E-state index in [1.54, 1.807) is 7.11 Å². The van der Waals surface area contributed by atoms with Crippen molar-refractivity contribution in [3.05, 3.63) is 11.4 Å². The van der Waals surface area contributed by atoms with E-state index >= 15 is 0 Å². The molecule has 0 N–H and O–H groups in total. The van der Waals surface area contributed by atoms with Gasteiger partial charge in [-0.15, -0.1) is 16.7 Å². The van der Waals surface area contributed by atoms with Crippen LogP contribution in [0.3, 0.4) is 0 Å². The number of hydrogen-bond acceptors (Lipinski definition) is 3. The summed E-state index contributed by atoms with van der Waals surface area (Å²) in [4.78, 5) is 0. The van der Waals surface area contributed by atoms with Crippen molar-refractivity contribution in [2.75, 3.05) is 13.7 Å². The van der Waals surface area contributed by atoms with Crippen LogP contribution in [-0.4, -0.2) is 28.7 Å². The quantitative estimate of drug-likeness (QED) is 0.724. The van der Waals surface area contributed by atoms with Gasteiger partial charge >= 0.3 is 0 Å². The summed E-state index contributed by atoms with van der Waals surface area (Å²) in [7, 11) is 1.71. The first-order valence-corrected chi connectivity index (χ1v) is 6.14. The molecule has 0 aliphatic carbocycles. The number of halogens is 1. The largest absolute Gasteiger partial charge is 0.385 e. The summed E-state index contributed by atoms with van der Waals surface area (Å²) in [5, 5.41) is 8.31. The van der Waals surface area contributed by atoms with Crippen LogP contribution in [0.2, 0.25) is 0 Å². The standard InChI is InChI=1S/C11H20ClN3O/c1-8(2)11-10(7-12)13-14-15(11)9(3)5-6-16-4/h8-9H,5-7H2,1-4H3. The second-order valence-corrected chi connectivity index (χ2v) is 4.55. The molecule has 0 radical (unpaired) electrons. The Morgan fingerprint density at radius 2 is 2.06 bits per heavy atom. The van der Waals surface area contributed by atoms with E-state index in [0.29, 0.717) is 17.8 Å². The van der Waals surface area contributed by atoms with Crippen molar-refractivity contribution in [1.82, 2.24) is 15.0 Å². The second-order valence-electron chi connectivity index (χ2n) is 4.28. The summed E-state index contributed by atoms with van der Waals surface area (Å²) in [6.45, 7) is 7.12. The number of alkyl halides is 1. The lowest BCUT2D eigenvalue weighted by molar-refractivity contribution is 0.177. The fourth-order valence-electron chi connectivity index (χ4n) is 1.76. The Labute approximate surface area is 102 Å². The molecular formula is C11H20ClN3O. The van der Waals surface area contributed by atoms with Crippen molar-refractivity contribution in [1.29, 1.82) is 0 Å². The molecule has 0 amide bonds. The van der Waals surface area contributed by atoms with Crippen LogP contribution in [0.5, 0.6) is 0 Å². The molecule has 0 saturated carbocycles. The van der Waals surface area contributed by atoms with E-state index in [1.807, 2.05) is 4.68 Å². The molecule has 16 heavy (non-hydrogen) atoms. The molecule has 92 valence electrons. The fourth-order valence-corrected chi connectivity index (χ4v) is 1.95. The lowest BCUT2D eigenvalue weighted by Crippen LogP contribution is -2.14. The summed E-state index contributed by atoms with van der Waals surface area (Å²) in [5.74, 6) is 0.804. The van der Waals surface area contributed by atoms with Gasteiger partial charge in [0.2, 0.25) is 0 Å². The zero-order valence-electron chi connectivity index (χ0n) is 10.4. The van der Waals surface area contributed by atoms with Gasteiger partial charge in [0.15, 0.2) is 0 Å². The Morgan fingerprint density at radius 1 is 1.38 bits per heavy atom. The van der Waals surface area contributed by atoms with Crippen molar-refractivity contribution in [3.63, 3.8) is 0 Å². The Balaban J connectivity index is 2.90. The van der Waals surface area contributed by atoms with Gasteiger partial charge in [-0.3, -0.25) is 0 Å². The molecule has 0 saturated heterocycles. The van der Waals surface area contributed by atoms with Gasteiger partial charge < -0.3 is 4.74 Å². The van der Waals surface area contributed by atoms with E-state index < -0.39 is 0 Å². The third kappa shape index (κ3) is 2.95. The lowest BCUT2D eigenvalue weighted by atomic mass is 10.1. The Hall–Kier alpha value is -0.610. The van der Waals surface area contributed by atoms with Gasteiger partial charge in [-0.25, -0.2) is 4.68 Å². The van der Waals surface area contributed by atoms with E-state index in [9.17, 15) is 0 Å². The zero-order valence-corrected chi connectivity index (χ0v) is 11.2. The van der Waals surface area contributed by atoms with Crippen LogP contribution >= 0.6 is 11.6 Å². The van der Waals surface area contributed by atoms with Crippen LogP contribution in [0.4, 0.5) is 0 Å². The molecule has 1 atom stereocenters. The molecule has 1 rings (SSSR count). The number of rotatable bonds is 6. The molecule has 0 bridgehead atoms. The van der Waals surface area contributed by atoms with Gasteiger partial charge in [0.05, 0.1) is 17.6 Å². The first kappa shape index (κ1) is 13.5. The molecule has 1 unspecified atom stereocenters. The molecule has 0 aliphatic heterocycles. The third-order valence-corrected chi connectivity index (χ3v) is 2.89. The minimum atomic E-state index is 0.293.